The Morgan fingerprint density at radius 1 is 1.29 bits per heavy atom. The minimum atomic E-state index is 0.438. The van der Waals surface area contributed by atoms with Gasteiger partial charge in [-0.15, -0.1) is 0 Å². The van der Waals surface area contributed by atoms with Crippen molar-refractivity contribution < 1.29 is 4.74 Å². The maximum absolute atomic E-state index is 5.56. The van der Waals surface area contributed by atoms with Gasteiger partial charge in [0.1, 0.15) is 6.33 Å². The molecular formula is C15H25N5O. The third-order valence-electron chi connectivity index (χ3n) is 4.69. The van der Waals surface area contributed by atoms with Crippen molar-refractivity contribution in [2.24, 2.45) is 0 Å². The minimum absolute atomic E-state index is 0.438. The summed E-state index contributed by atoms with van der Waals surface area (Å²) in [6, 6.07) is 1.08. The molecular weight excluding hydrogens is 266 g/mol. The number of hydrogen-bond donors (Lipinski definition) is 1. The molecule has 0 amide bonds. The molecule has 2 saturated heterocycles. The number of hydrogen-bond acceptors (Lipinski definition) is 6. The molecule has 0 aromatic carbocycles. The van der Waals surface area contributed by atoms with Gasteiger partial charge in [0.25, 0.3) is 0 Å². The quantitative estimate of drug-likeness (QED) is 0.913. The smallest absolute Gasteiger partial charge is 0.204 e. The molecule has 0 radical (unpaired) electrons. The SMILES string of the molecule is CNc1ncnc(N2CC3CCCCN3CC2C)c1OC. The molecule has 2 atom stereocenters. The van der Waals surface area contributed by atoms with Crippen LogP contribution in [0.5, 0.6) is 5.75 Å². The van der Waals surface area contributed by atoms with Gasteiger partial charge in [0.2, 0.25) is 5.75 Å². The highest BCUT2D eigenvalue weighted by Gasteiger charge is 2.35. The average molecular weight is 291 g/mol. The van der Waals surface area contributed by atoms with E-state index in [1.807, 2.05) is 7.05 Å². The maximum Gasteiger partial charge on any atom is 0.204 e. The van der Waals surface area contributed by atoms with Crippen LogP contribution in [0.3, 0.4) is 0 Å². The summed E-state index contributed by atoms with van der Waals surface area (Å²) < 4.78 is 5.56. The van der Waals surface area contributed by atoms with Crippen LogP contribution in [0.1, 0.15) is 26.2 Å². The number of aromatic nitrogens is 2. The van der Waals surface area contributed by atoms with Crippen LogP contribution in [0.15, 0.2) is 6.33 Å². The van der Waals surface area contributed by atoms with E-state index in [9.17, 15) is 0 Å². The Labute approximate surface area is 126 Å². The van der Waals surface area contributed by atoms with Gasteiger partial charge in [-0.2, -0.15) is 0 Å². The summed E-state index contributed by atoms with van der Waals surface area (Å²) in [5.41, 5.74) is 0. The Morgan fingerprint density at radius 2 is 2.14 bits per heavy atom. The van der Waals surface area contributed by atoms with Crippen molar-refractivity contribution in [1.82, 2.24) is 14.9 Å². The van der Waals surface area contributed by atoms with Crippen LogP contribution in [0.25, 0.3) is 0 Å². The van der Waals surface area contributed by atoms with Gasteiger partial charge in [0, 0.05) is 32.2 Å². The van der Waals surface area contributed by atoms with E-state index >= 15 is 0 Å². The van der Waals surface area contributed by atoms with E-state index in [2.05, 4.69) is 32.0 Å². The molecule has 1 aromatic rings. The molecule has 0 aliphatic carbocycles. The number of methoxy groups -OCH3 is 1. The largest absolute Gasteiger partial charge is 0.490 e. The molecule has 1 aromatic heterocycles. The lowest BCUT2D eigenvalue weighted by atomic mass is 9.97. The molecule has 6 heteroatoms. The van der Waals surface area contributed by atoms with E-state index in [4.69, 9.17) is 4.74 Å². The molecule has 2 aliphatic rings. The van der Waals surface area contributed by atoms with Crippen LogP contribution in [-0.4, -0.2) is 60.7 Å². The Hall–Kier alpha value is -1.56. The van der Waals surface area contributed by atoms with Crippen LogP contribution in [0, 0.1) is 0 Å². The van der Waals surface area contributed by atoms with E-state index in [-0.39, 0.29) is 0 Å². The molecule has 21 heavy (non-hydrogen) atoms. The Bertz CT molecular complexity index is 495. The van der Waals surface area contributed by atoms with Crippen molar-refractivity contribution in [3.63, 3.8) is 0 Å². The molecule has 2 aliphatic heterocycles. The predicted octanol–water partition coefficient (Wildman–Crippen LogP) is 1.59. The average Bonchev–Trinajstić information content (AvgIpc) is 2.53. The zero-order valence-corrected chi connectivity index (χ0v) is 13.2. The molecule has 2 fully saturated rings. The normalized spacial score (nSPS) is 26.3. The number of piperidine rings is 1. The second kappa shape index (κ2) is 6.05. The molecule has 3 rings (SSSR count). The summed E-state index contributed by atoms with van der Waals surface area (Å²) in [5.74, 6) is 2.41. The number of rotatable bonds is 3. The summed E-state index contributed by atoms with van der Waals surface area (Å²) in [6.07, 6.45) is 5.58. The summed E-state index contributed by atoms with van der Waals surface area (Å²) in [7, 11) is 3.54. The van der Waals surface area contributed by atoms with E-state index in [0.717, 1.165) is 30.5 Å². The molecule has 6 nitrogen and oxygen atoms in total. The molecule has 2 unspecified atom stereocenters. The highest BCUT2D eigenvalue weighted by molar-refractivity contribution is 5.65. The topological polar surface area (TPSA) is 53.5 Å². The summed E-state index contributed by atoms with van der Waals surface area (Å²) in [5, 5.41) is 3.08. The van der Waals surface area contributed by atoms with Crippen LogP contribution in [0.4, 0.5) is 11.6 Å². The van der Waals surface area contributed by atoms with Crippen molar-refractivity contribution in [3.8, 4) is 5.75 Å². The monoisotopic (exact) mass is 291 g/mol. The Morgan fingerprint density at radius 3 is 2.90 bits per heavy atom. The fourth-order valence-electron chi connectivity index (χ4n) is 3.58. The zero-order valence-electron chi connectivity index (χ0n) is 13.2. The molecule has 1 N–H and O–H groups in total. The Balaban J connectivity index is 1.89. The highest BCUT2D eigenvalue weighted by Crippen LogP contribution is 2.35. The van der Waals surface area contributed by atoms with Gasteiger partial charge in [0.15, 0.2) is 11.6 Å². The third-order valence-corrected chi connectivity index (χ3v) is 4.69. The number of anilines is 2. The molecule has 0 bridgehead atoms. The van der Waals surface area contributed by atoms with Crippen molar-refractivity contribution in [3.05, 3.63) is 6.33 Å². The lowest BCUT2D eigenvalue weighted by Gasteiger charge is -2.48. The van der Waals surface area contributed by atoms with Crippen LogP contribution >= 0.6 is 0 Å². The molecule has 3 heterocycles. The van der Waals surface area contributed by atoms with Gasteiger partial charge in [-0.3, -0.25) is 4.90 Å². The maximum atomic E-state index is 5.56. The second-order valence-electron chi connectivity index (χ2n) is 5.98. The van der Waals surface area contributed by atoms with Gasteiger partial charge < -0.3 is 15.0 Å². The standard InChI is InChI=1S/C15H25N5O/c1-11-8-19-7-5-4-6-12(19)9-20(11)15-13(21-3)14(16-2)17-10-18-15/h10-12H,4-9H2,1-3H3,(H,16,17,18). The lowest BCUT2D eigenvalue weighted by molar-refractivity contribution is 0.115. The van der Waals surface area contributed by atoms with Gasteiger partial charge in [-0.1, -0.05) is 6.42 Å². The predicted molar refractivity (Wildman–Crippen MR) is 84.2 cm³/mol. The fraction of sp³-hybridized carbons (Fsp3) is 0.733. The van der Waals surface area contributed by atoms with E-state index < -0.39 is 0 Å². The number of fused-ring (bicyclic) bond motifs is 1. The first-order valence-corrected chi connectivity index (χ1v) is 7.82. The van der Waals surface area contributed by atoms with Gasteiger partial charge in [-0.05, 0) is 26.3 Å². The number of piperazine rings is 1. The first kappa shape index (κ1) is 14.4. The first-order chi connectivity index (χ1) is 10.2. The highest BCUT2D eigenvalue weighted by atomic mass is 16.5. The summed E-state index contributed by atoms with van der Waals surface area (Å²) >= 11 is 0. The first-order valence-electron chi connectivity index (χ1n) is 7.82. The fourth-order valence-corrected chi connectivity index (χ4v) is 3.58. The lowest BCUT2D eigenvalue weighted by Crippen LogP contribution is -2.59. The van der Waals surface area contributed by atoms with Gasteiger partial charge in [-0.25, -0.2) is 9.97 Å². The van der Waals surface area contributed by atoms with Crippen LogP contribution in [0.2, 0.25) is 0 Å². The number of nitrogens with zero attached hydrogens (tertiary/aromatic N) is 4. The van der Waals surface area contributed by atoms with Crippen molar-refractivity contribution in [2.45, 2.75) is 38.3 Å². The van der Waals surface area contributed by atoms with Crippen molar-refractivity contribution in [2.75, 3.05) is 44.0 Å². The Kier molecular flexibility index (Phi) is 4.14. The summed E-state index contributed by atoms with van der Waals surface area (Å²) in [6.45, 7) is 5.64. The van der Waals surface area contributed by atoms with Gasteiger partial charge >= 0.3 is 0 Å². The number of nitrogens with one attached hydrogen (secondary N) is 1. The van der Waals surface area contributed by atoms with Crippen LogP contribution < -0.4 is 15.0 Å². The zero-order chi connectivity index (χ0) is 14.8. The van der Waals surface area contributed by atoms with E-state index in [1.165, 1.54) is 25.8 Å². The van der Waals surface area contributed by atoms with Gasteiger partial charge in [0.05, 0.1) is 7.11 Å². The second-order valence-corrected chi connectivity index (χ2v) is 5.98. The van der Waals surface area contributed by atoms with Crippen molar-refractivity contribution in [1.29, 1.82) is 0 Å². The van der Waals surface area contributed by atoms with E-state index in [0.29, 0.717) is 12.1 Å². The number of ether oxygens (including phenoxy) is 1. The third kappa shape index (κ3) is 2.64. The molecule has 0 spiro atoms. The van der Waals surface area contributed by atoms with Crippen LogP contribution in [-0.2, 0) is 0 Å². The summed E-state index contributed by atoms with van der Waals surface area (Å²) in [4.78, 5) is 13.8. The molecule has 0 saturated carbocycles. The minimum Gasteiger partial charge on any atom is -0.490 e. The molecule has 116 valence electrons. The van der Waals surface area contributed by atoms with Crippen molar-refractivity contribution >= 4 is 11.6 Å². The van der Waals surface area contributed by atoms with E-state index in [1.54, 1.807) is 13.4 Å².